The van der Waals surface area contributed by atoms with Crippen molar-refractivity contribution in [2.75, 3.05) is 27.7 Å². The Kier molecular flexibility index (Phi) is 3.94. The van der Waals surface area contributed by atoms with Crippen molar-refractivity contribution < 1.29 is 14.9 Å². The molecule has 84 valence electrons. The van der Waals surface area contributed by atoms with E-state index in [2.05, 4.69) is 0 Å². The SMILES string of the molecule is COc1ccc(C(O)CN(C)C)cc1O. The van der Waals surface area contributed by atoms with Crippen molar-refractivity contribution in [1.82, 2.24) is 4.90 Å². The number of phenolic OH excluding ortho intramolecular Hbond substituents is 1. The first-order chi connectivity index (χ1) is 7.04. The predicted octanol–water partition coefficient (Wildman–Crippen LogP) is 0.996. The van der Waals surface area contributed by atoms with Crippen molar-refractivity contribution in [2.45, 2.75) is 6.10 Å². The minimum absolute atomic E-state index is 0.0489. The van der Waals surface area contributed by atoms with Crippen LogP contribution in [0.4, 0.5) is 0 Å². The van der Waals surface area contributed by atoms with Gasteiger partial charge < -0.3 is 19.8 Å². The maximum absolute atomic E-state index is 9.79. The van der Waals surface area contributed by atoms with Gasteiger partial charge in [0.05, 0.1) is 13.2 Å². The number of aliphatic hydroxyl groups is 1. The molecule has 0 fully saturated rings. The van der Waals surface area contributed by atoms with E-state index in [1.54, 1.807) is 12.1 Å². The molecule has 0 aliphatic carbocycles. The van der Waals surface area contributed by atoms with E-state index >= 15 is 0 Å². The Morgan fingerprint density at radius 2 is 2.07 bits per heavy atom. The van der Waals surface area contributed by atoms with Crippen LogP contribution in [-0.4, -0.2) is 42.9 Å². The zero-order chi connectivity index (χ0) is 11.4. The molecule has 0 aliphatic heterocycles. The van der Waals surface area contributed by atoms with E-state index in [-0.39, 0.29) is 5.75 Å². The molecule has 0 bridgehead atoms. The highest BCUT2D eigenvalue weighted by atomic mass is 16.5. The number of aromatic hydroxyl groups is 1. The van der Waals surface area contributed by atoms with E-state index in [9.17, 15) is 10.2 Å². The monoisotopic (exact) mass is 211 g/mol. The van der Waals surface area contributed by atoms with Crippen LogP contribution in [0, 0.1) is 0 Å². The van der Waals surface area contributed by atoms with Gasteiger partial charge in [-0.3, -0.25) is 0 Å². The molecular formula is C11H17NO3. The van der Waals surface area contributed by atoms with Crippen LogP contribution in [0.25, 0.3) is 0 Å². The molecule has 1 unspecified atom stereocenters. The second-order valence-corrected chi connectivity index (χ2v) is 3.71. The van der Waals surface area contributed by atoms with E-state index in [4.69, 9.17) is 4.74 Å². The second-order valence-electron chi connectivity index (χ2n) is 3.71. The molecule has 1 atom stereocenters. The third-order valence-corrected chi connectivity index (χ3v) is 2.13. The molecule has 4 heteroatoms. The van der Waals surface area contributed by atoms with Crippen LogP contribution >= 0.6 is 0 Å². The van der Waals surface area contributed by atoms with Gasteiger partial charge in [-0.15, -0.1) is 0 Å². The third kappa shape index (κ3) is 3.11. The normalized spacial score (nSPS) is 12.9. The standard InChI is InChI=1S/C11H17NO3/c1-12(2)7-10(14)8-4-5-11(15-3)9(13)6-8/h4-6,10,13-14H,7H2,1-3H3. The molecule has 0 radical (unpaired) electrons. The molecule has 4 nitrogen and oxygen atoms in total. The van der Waals surface area contributed by atoms with Gasteiger partial charge in [0, 0.05) is 6.54 Å². The summed E-state index contributed by atoms with van der Waals surface area (Å²) in [5.74, 6) is 0.462. The average molecular weight is 211 g/mol. The molecule has 0 saturated carbocycles. The lowest BCUT2D eigenvalue weighted by Gasteiger charge is -2.16. The number of hydrogen-bond donors (Lipinski definition) is 2. The van der Waals surface area contributed by atoms with Crippen molar-refractivity contribution in [1.29, 1.82) is 0 Å². The number of benzene rings is 1. The summed E-state index contributed by atoms with van der Waals surface area (Å²) >= 11 is 0. The highest BCUT2D eigenvalue weighted by Gasteiger charge is 2.11. The van der Waals surface area contributed by atoms with Crippen LogP contribution in [0.5, 0.6) is 11.5 Å². The van der Waals surface area contributed by atoms with Gasteiger partial charge in [-0.2, -0.15) is 0 Å². The van der Waals surface area contributed by atoms with E-state index in [1.807, 2.05) is 19.0 Å². The first kappa shape index (κ1) is 11.8. The summed E-state index contributed by atoms with van der Waals surface area (Å²) in [5.41, 5.74) is 0.682. The molecule has 0 aliphatic rings. The Morgan fingerprint density at radius 1 is 1.40 bits per heavy atom. The highest BCUT2D eigenvalue weighted by molar-refractivity contribution is 5.42. The number of likely N-dealkylation sites (N-methyl/N-ethyl adjacent to an activating group) is 1. The number of rotatable bonds is 4. The van der Waals surface area contributed by atoms with Crippen LogP contribution in [0.2, 0.25) is 0 Å². The van der Waals surface area contributed by atoms with Crippen molar-refractivity contribution in [3.05, 3.63) is 23.8 Å². The lowest BCUT2D eigenvalue weighted by atomic mass is 10.1. The fraction of sp³-hybridized carbons (Fsp3) is 0.455. The molecule has 2 N–H and O–H groups in total. The third-order valence-electron chi connectivity index (χ3n) is 2.13. The maximum atomic E-state index is 9.79. The lowest BCUT2D eigenvalue weighted by Crippen LogP contribution is -2.19. The Balaban J connectivity index is 2.82. The fourth-order valence-electron chi connectivity index (χ4n) is 1.37. The fourth-order valence-corrected chi connectivity index (χ4v) is 1.37. The smallest absolute Gasteiger partial charge is 0.160 e. The van der Waals surface area contributed by atoms with Crippen molar-refractivity contribution in [2.24, 2.45) is 0 Å². The predicted molar refractivity (Wildman–Crippen MR) is 58.2 cm³/mol. The maximum Gasteiger partial charge on any atom is 0.160 e. The van der Waals surface area contributed by atoms with Crippen molar-refractivity contribution in [3.63, 3.8) is 0 Å². The minimum Gasteiger partial charge on any atom is -0.504 e. The summed E-state index contributed by atoms with van der Waals surface area (Å²) in [6, 6.07) is 4.91. The summed E-state index contributed by atoms with van der Waals surface area (Å²) in [6.07, 6.45) is -0.600. The van der Waals surface area contributed by atoms with Gasteiger partial charge in [0.25, 0.3) is 0 Å². The molecule has 0 spiro atoms. The van der Waals surface area contributed by atoms with E-state index in [1.165, 1.54) is 13.2 Å². The Hall–Kier alpha value is -1.26. The van der Waals surface area contributed by atoms with E-state index in [0.717, 1.165) is 0 Å². The molecule has 1 aromatic carbocycles. The Morgan fingerprint density at radius 3 is 2.53 bits per heavy atom. The topological polar surface area (TPSA) is 52.9 Å². The summed E-state index contributed by atoms with van der Waals surface area (Å²) in [7, 11) is 5.25. The number of ether oxygens (including phenoxy) is 1. The van der Waals surface area contributed by atoms with Crippen LogP contribution in [-0.2, 0) is 0 Å². The summed E-state index contributed by atoms with van der Waals surface area (Å²) < 4.78 is 4.92. The number of aliphatic hydroxyl groups excluding tert-OH is 1. The second kappa shape index (κ2) is 5.00. The van der Waals surface area contributed by atoms with Gasteiger partial charge in [-0.1, -0.05) is 6.07 Å². The lowest BCUT2D eigenvalue weighted by molar-refractivity contribution is 0.138. The van der Waals surface area contributed by atoms with Crippen molar-refractivity contribution >= 4 is 0 Å². The molecule has 0 saturated heterocycles. The minimum atomic E-state index is -0.600. The first-order valence-corrected chi connectivity index (χ1v) is 4.74. The zero-order valence-electron chi connectivity index (χ0n) is 9.27. The van der Waals surface area contributed by atoms with Gasteiger partial charge in [0.2, 0.25) is 0 Å². The summed E-state index contributed by atoms with van der Waals surface area (Å²) in [6.45, 7) is 0.520. The van der Waals surface area contributed by atoms with Crippen LogP contribution < -0.4 is 4.74 Å². The van der Waals surface area contributed by atoms with Gasteiger partial charge in [0.15, 0.2) is 11.5 Å². The largest absolute Gasteiger partial charge is 0.504 e. The zero-order valence-corrected chi connectivity index (χ0v) is 9.27. The van der Waals surface area contributed by atoms with Crippen molar-refractivity contribution in [3.8, 4) is 11.5 Å². The van der Waals surface area contributed by atoms with E-state index < -0.39 is 6.10 Å². The molecule has 0 heterocycles. The molecule has 0 amide bonds. The Labute approximate surface area is 89.7 Å². The molecule has 15 heavy (non-hydrogen) atoms. The molecular weight excluding hydrogens is 194 g/mol. The van der Waals surface area contributed by atoms with Gasteiger partial charge >= 0.3 is 0 Å². The highest BCUT2D eigenvalue weighted by Crippen LogP contribution is 2.28. The molecule has 1 aromatic rings. The molecule has 1 rings (SSSR count). The number of methoxy groups -OCH3 is 1. The molecule has 0 aromatic heterocycles. The quantitative estimate of drug-likeness (QED) is 0.780. The average Bonchev–Trinajstić information content (AvgIpc) is 2.16. The van der Waals surface area contributed by atoms with Crippen LogP contribution in [0.15, 0.2) is 18.2 Å². The first-order valence-electron chi connectivity index (χ1n) is 4.74. The van der Waals surface area contributed by atoms with Gasteiger partial charge in [0.1, 0.15) is 0 Å². The van der Waals surface area contributed by atoms with Gasteiger partial charge in [-0.25, -0.2) is 0 Å². The number of nitrogens with zero attached hydrogens (tertiary/aromatic N) is 1. The van der Waals surface area contributed by atoms with Crippen LogP contribution in [0.3, 0.4) is 0 Å². The summed E-state index contributed by atoms with van der Waals surface area (Å²) in [5, 5.41) is 19.3. The number of phenols is 1. The van der Waals surface area contributed by atoms with Crippen LogP contribution in [0.1, 0.15) is 11.7 Å². The van der Waals surface area contributed by atoms with Gasteiger partial charge in [-0.05, 0) is 31.8 Å². The number of hydrogen-bond acceptors (Lipinski definition) is 4. The van der Waals surface area contributed by atoms with E-state index in [0.29, 0.717) is 17.9 Å². The summed E-state index contributed by atoms with van der Waals surface area (Å²) in [4.78, 5) is 1.88. The Bertz CT molecular complexity index is 326.